The number of alkyl halides is 3. The summed E-state index contributed by atoms with van der Waals surface area (Å²) in [4.78, 5) is 18.2. The van der Waals surface area contributed by atoms with Gasteiger partial charge in [-0.1, -0.05) is 6.07 Å². The number of carbonyl (C=O) groups excluding carboxylic acids is 1. The van der Waals surface area contributed by atoms with Crippen molar-refractivity contribution in [2.75, 3.05) is 19.8 Å². The molecule has 1 aromatic heterocycles. The van der Waals surface area contributed by atoms with Crippen LogP contribution in [0.5, 0.6) is 5.88 Å². The fraction of sp³-hybridized carbons (Fsp3) is 0.579. The number of amides is 1. The summed E-state index contributed by atoms with van der Waals surface area (Å²) >= 11 is 0. The van der Waals surface area contributed by atoms with Gasteiger partial charge < -0.3 is 14.4 Å². The minimum atomic E-state index is -5.60. The number of fused-ring (bicyclic) bond motifs is 5. The highest BCUT2D eigenvalue weighted by atomic mass is 32.2. The van der Waals surface area contributed by atoms with Crippen LogP contribution in [0.2, 0.25) is 0 Å². The van der Waals surface area contributed by atoms with Crippen molar-refractivity contribution in [1.29, 1.82) is 0 Å². The second-order valence-corrected chi connectivity index (χ2v) is 9.42. The number of hydrogen-bond donors (Lipinski definition) is 1. The van der Waals surface area contributed by atoms with Gasteiger partial charge in [0.25, 0.3) is 5.91 Å². The molecule has 1 N–H and O–H groups in total. The van der Waals surface area contributed by atoms with Crippen LogP contribution in [0.15, 0.2) is 29.7 Å². The number of carbonyl (C=O) groups is 1. The largest absolute Gasteiger partial charge is 0.516 e. The predicted octanol–water partition coefficient (Wildman–Crippen LogP) is 2.40. The first-order valence-corrected chi connectivity index (χ1v) is 11.4. The lowest BCUT2D eigenvalue weighted by Gasteiger charge is -2.29. The van der Waals surface area contributed by atoms with Crippen LogP contribution in [-0.4, -0.2) is 55.6 Å². The van der Waals surface area contributed by atoms with Crippen LogP contribution in [0, 0.1) is 0 Å². The van der Waals surface area contributed by atoms with E-state index in [9.17, 15) is 26.4 Å². The molecular formula is C19H22F3N3O5S. The molecule has 1 amide bonds. The van der Waals surface area contributed by atoms with E-state index < -0.39 is 21.4 Å². The third-order valence-corrected chi connectivity index (χ3v) is 6.95. The van der Waals surface area contributed by atoms with Gasteiger partial charge in [0.05, 0.1) is 18.4 Å². The Bertz CT molecular complexity index is 988. The topological polar surface area (TPSA) is 97.8 Å². The zero-order valence-electron chi connectivity index (χ0n) is 16.5. The third kappa shape index (κ3) is 4.49. The molecule has 170 valence electrons. The highest BCUT2D eigenvalue weighted by Gasteiger charge is 2.47. The average molecular weight is 461 g/mol. The number of nitrogens with one attached hydrogen (secondary N) is 1. The summed E-state index contributed by atoms with van der Waals surface area (Å²) in [6.45, 7) is -0.510. The Morgan fingerprint density at radius 2 is 1.90 bits per heavy atom. The van der Waals surface area contributed by atoms with Gasteiger partial charge in [0.15, 0.2) is 6.61 Å². The van der Waals surface area contributed by atoms with Crippen LogP contribution in [0.4, 0.5) is 13.2 Å². The normalized spacial score (nSPS) is 25.1. The fourth-order valence-electron chi connectivity index (χ4n) is 4.22. The molecule has 1 aromatic rings. The monoisotopic (exact) mass is 461 g/mol. The molecule has 4 heterocycles. The third-order valence-electron chi connectivity index (χ3n) is 5.83. The molecule has 0 spiro atoms. The molecule has 5 rings (SSSR count). The van der Waals surface area contributed by atoms with Crippen molar-refractivity contribution < 1.29 is 35.9 Å². The van der Waals surface area contributed by atoms with E-state index in [2.05, 4.69) is 4.98 Å². The number of hydrogen-bond acceptors (Lipinski definition) is 6. The highest BCUT2D eigenvalue weighted by Crippen LogP contribution is 2.38. The van der Waals surface area contributed by atoms with Crippen LogP contribution < -0.4 is 9.46 Å². The van der Waals surface area contributed by atoms with Crippen LogP contribution >= 0.6 is 0 Å². The van der Waals surface area contributed by atoms with Crippen molar-refractivity contribution >= 4 is 15.9 Å². The lowest BCUT2D eigenvalue weighted by Crippen LogP contribution is -2.37. The first kappa shape index (κ1) is 21.9. The van der Waals surface area contributed by atoms with Crippen LogP contribution in [0.3, 0.4) is 0 Å². The molecule has 31 heavy (non-hydrogen) atoms. The summed E-state index contributed by atoms with van der Waals surface area (Å²) in [6, 6.07) is 3.73. The Morgan fingerprint density at radius 3 is 2.61 bits per heavy atom. The van der Waals surface area contributed by atoms with Crippen molar-refractivity contribution in [1.82, 2.24) is 14.6 Å². The summed E-state index contributed by atoms with van der Waals surface area (Å²) in [6.07, 6.45) is 4.45. The maximum Gasteiger partial charge on any atom is 0.516 e. The van der Waals surface area contributed by atoms with Crippen LogP contribution in [-0.2, 0) is 19.6 Å². The lowest BCUT2D eigenvalue weighted by molar-refractivity contribution is -0.131. The Kier molecular flexibility index (Phi) is 5.86. The number of halogens is 3. The van der Waals surface area contributed by atoms with Crippen molar-refractivity contribution in [3.8, 4) is 5.88 Å². The lowest BCUT2D eigenvalue weighted by atomic mass is 9.83. The van der Waals surface area contributed by atoms with Gasteiger partial charge in [-0.3, -0.25) is 9.52 Å². The minimum absolute atomic E-state index is 0.0268. The van der Waals surface area contributed by atoms with E-state index >= 15 is 0 Å². The van der Waals surface area contributed by atoms with Gasteiger partial charge in [0, 0.05) is 30.4 Å². The van der Waals surface area contributed by atoms with Crippen molar-refractivity contribution in [3.63, 3.8) is 0 Å². The molecule has 8 nitrogen and oxygen atoms in total. The Balaban J connectivity index is 1.64. The Labute approximate surface area is 177 Å². The summed E-state index contributed by atoms with van der Waals surface area (Å²) in [5.41, 5.74) is -4.64. The van der Waals surface area contributed by atoms with Gasteiger partial charge >= 0.3 is 15.5 Å². The molecule has 1 fully saturated rings. The molecule has 1 aliphatic carbocycles. The van der Waals surface area contributed by atoms with Gasteiger partial charge in [-0.2, -0.15) is 21.6 Å². The molecule has 0 radical (unpaired) electrons. The van der Waals surface area contributed by atoms with Gasteiger partial charge in [-0.25, -0.2) is 4.98 Å². The summed E-state index contributed by atoms with van der Waals surface area (Å²) in [7, 11) is -5.60. The SMILES string of the molecule is O=C1COc2ncccc2C2CCC(CC2)OCC2=C(NS(=O)(=O)C(F)(F)F)CCN12. The molecule has 2 bridgehead atoms. The van der Waals surface area contributed by atoms with Crippen molar-refractivity contribution in [3.05, 3.63) is 35.3 Å². The number of sulfonamides is 1. The quantitative estimate of drug-likeness (QED) is 0.727. The van der Waals surface area contributed by atoms with E-state index in [0.29, 0.717) is 5.88 Å². The van der Waals surface area contributed by atoms with Crippen molar-refractivity contribution in [2.45, 2.75) is 49.6 Å². The van der Waals surface area contributed by atoms with Gasteiger partial charge in [-0.05, 0) is 37.7 Å². The molecule has 4 aliphatic rings. The number of ether oxygens (including phenoxy) is 2. The Morgan fingerprint density at radius 1 is 1.16 bits per heavy atom. The first-order valence-electron chi connectivity index (χ1n) is 9.96. The highest BCUT2D eigenvalue weighted by molar-refractivity contribution is 7.90. The number of nitrogens with zero attached hydrogens (tertiary/aromatic N) is 2. The van der Waals surface area contributed by atoms with E-state index in [1.807, 2.05) is 12.1 Å². The van der Waals surface area contributed by atoms with Gasteiger partial charge in [-0.15, -0.1) is 0 Å². The fourth-order valence-corrected chi connectivity index (χ4v) is 4.88. The molecule has 0 aromatic carbocycles. The predicted molar refractivity (Wildman–Crippen MR) is 102 cm³/mol. The maximum atomic E-state index is 12.8. The summed E-state index contributed by atoms with van der Waals surface area (Å²) in [5, 5.41) is 0. The van der Waals surface area contributed by atoms with E-state index in [1.54, 1.807) is 10.9 Å². The van der Waals surface area contributed by atoms with E-state index in [4.69, 9.17) is 9.47 Å². The maximum absolute atomic E-state index is 12.8. The van der Waals surface area contributed by atoms with Crippen LogP contribution in [0.25, 0.3) is 0 Å². The zero-order valence-corrected chi connectivity index (χ0v) is 17.3. The summed E-state index contributed by atoms with van der Waals surface area (Å²) in [5.74, 6) is 0.0674. The Hall–Kier alpha value is -2.34. The number of aromatic nitrogens is 1. The molecule has 0 atom stereocenters. The average Bonchev–Trinajstić information content (AvgIpc) is 3.12. The van der Waals surface area contributed by atoms with E-state index in [0.717, 1.165) is 31.2 Å². The van der Waals surface area contributed by atoms with E-state index in [-0.39, 0.29) is 49.6 Å². The summed E-state index contributed by atoms with van der Waals surface area (Å²) < 4.78 is 74.9. The minimum Gasteiger partial charge on any atom is -0.467 e. The molecule has 12 heteroatoms. The molecular weight excluding hydrogens is 439 g/mol. The molecule has 0 saturated heterocycles. The first-order chi connectivity index (χ1) is 14.7. The molecule has 0 unspecified atom stereocenters. The molecule has 3 aliphatic heterocycles. The second-order valence-electron chi connectivity index (χ2n) is 7.74. The second kappa shape index (κ2) is 8.30. The smallest absolute Gasteiger partial charge is 0.467 e. The van der Waals surface area contributed by atoms with Crippen LogP contribution in [0.1, 0.15) is 43.6 Å². The zero-order chi connectivity index (χ0) is 22.2. The number of rotatable bonds is 2. The van der Waals surface area contributed by atoms with Gasteiger partial charge in [0.1, 0.15) is 0 Å². The van der Waals surface area contributed by atoms with Gasteiger partial charge in [0.2, 0.25) is 5.88 Å². The number of pyridine rings is 1. The standard InChI is InChI=1S/C19H22F3N3O5S/c20-19(21,22)31(27,28)24-15-7-9-25-16(15)10-29-13-5-3-12(4-6-13)14-2-1-8-23-18(14)30-11-17(25)26/h1-2,8,12-13,24H,3-7,9-11H2. The van der Waals surface area contributed by atoms with Crippen molar-refractivity contribution in [2.24, 2.45) is 0 Å². The van der Waals surface area contributed by atoms with E-state index in [1.165, 1.54) is 4.90 Å². The molecule has 1 saturated carbocycles.